The summed E-state index contributed by atoms with van der Waals surface area (Å²) in [5, 5.41) is 3.43. The molecule has 2 aliphatic rings. The minimum Gasteiger partial charge on any atom is -0.493 e. The molecule has 10 nitrogen and oxygen atoms in total. The lowest BCUT2D eigenvalue weighted by molar-refractivity contribution is 0.0969. The first-order valence-electron chi connectivity index (χ1n) is 13.7. The van der Waals surface area contributed by atoms with Gasteiger partial charge in [-0.3, -0.25) is 19.4 Å². The average Bonchev–Trinajstić information content (AvgIpc) is 3.83. The fourth-order valence-corrected chi connectivity index (χ4v) is 5.46. The summed E-state index contributed by atoms with van der Waals surface area (Å²) >= 11 is 0. The second kappa shape index (κ2) is 10.7. The molecule has 1 fully saturated rings. The molecule has 1 N–H and O–H groups in total. The normalized spacial score (nSPS) is 15.2. The van der Waals surface area contributed by atoms with E-state index in [1.54, 1.807) is 55.3 Å². The van der Waals surface area contributed by atoms with Crippen molar-refractivity contribution in [1.29, 1.82) is 0 Å². The van der Waals surface area contributed by atoms with Gasteiger partial charge in [-0.1, -0.05) is 0 Å². The Morgan fingerprint density at radius 1 is 1.00 bits per heavy atom. The average molecular weight is 555 g/mol. The number of aromatic nitrogens is 3. The molecule has 1 saturated carbocycles. The summed E-state index contributed by atoms with van der Waals surface area (Å²) in [5.41, 5.74) is 1.47. The number of carbonyl (C=O) groups excluding carboxylic acids is 2. The molecular weight excluding hydrogens is 524 g/mol. The maximum absolute atomic E-state index is 13.5. The van der Waals surface area contributed by atoms with Gasteiger partial charge in [0, 0.05) is 41.4 Å². The van der Waals surface area contributed by atoms with Crippen LogP contribution in [-0.4, -0.2) is 40.4 Å². The molecule has 6 rings (SSSR count). The number of fused-ring (bicyclic) bond motifs is 2. The van der Waals surface area contributed by atoms with Gasteiger partial charge in [0.25, 0.3) is 11.5 Å². The van der Waals surface area contributed by atoms with Gasteiger partial charge in [-0.05, 0) is 68.9 Å². The fraction of sp³-hybridized carbons (Fsp3) is 0.323. The van der Waals surface area contributed by atoms with Crippen LogP contribution in [0.25, 0.3) is 10.9 Å². The molecule has 210 valence electrons. The topological polar surface area (TPSA) is 122 Å². The third-order valence-corrected chi connectivity index (χ3v) is 7.83. The molecule has 0 unspecified atom stereocenters. The van der Waals surface area contributed by atoms with Gasteiger partial charge in [0.1, 0.15) is 22.9 Å². The van der Waals surface area contributed by atoms with Gasteiger partial charge >= 0.3 is 0 Å². The largest absolute Gasteiger partial charge is 0.493 e. The van der Waals surface area contributed by atoms with E-state index in [4.69, 9.17) is 14.2 Å². The Balaban J connectivity index is 1.25. The molecule has 0 saturated heterocycles. The van der Waals surface area contributed by atoms with E-state index in [1.165, 1.54) is 12.3 Å². The Bertz CT molecular complexity index is 1730. The summed E-state index contributed by atoms with van der Waals surface area (Å²) in [6, 6.07) is 9.95. The van der Waals surface area contributed by atoms with E-state index in [-0.39, 0.29) is 28.8 Å². The van der Waals surface area contributed by atoms with E-state index in [2.05, 4.69) is 15.3 Å². The number of carbonyl (C=O) groups is 2. The molecule has 4 aromatic rings. The van der Waals surface area contributed by atoms with Crippen molar-refractivity contribution < 1.29 is 23.8 Å². The smallest absolute Gasteiger partial charge is 0.263 e. The molecule has 1 amide bonds. The fourth-order valence-electron chi connectivity index (χ4n) is 5.46. The van der Waals surface area contributed by atoms with Crippen LogP contribution in [-0.2, 0) is 6.42 Å². The number of methoxy groups -OCH3 is 2. The highest BCUT2D eigenvalue weighted by atomic mass is 16.5. The zero-order chi connectivity index (χ0) is 28.7. The van der Waals surface area contributed by atoms with Crippen LogP contribution in [0.5, 0.6) is 23.0 Å². The number of anilines is 1. The molecule has 0 bridgehead atoms. The van der Waals surface area contributed by atoms with Crippen molar-refractivity contribution in [3.8, 4) is 23.0 Å². The molecule has 1 aromatic carbocycles. The summed E-state index contributed by atoms with van der Waals surface area (Å²) in [6.07, 6.45) is 6.98. The van der Waals surface area contributed by atoms with E-state index in [0.717, 1.165) is 23.9 Å². The Hall–Kier alpha value is -4.73. The molecule has 1 atom stereocenters. The van der Waals surface area contributed by atoms with Gasteiger partial charge in [-0.2, -0.15) is 0 Å². The maximum Gasteiger partial charge on any atom is 0.263 e. The van der Waals surface area contributed by atoms with Crippen LogP contribution >= 0.6 is 0 Å². The van der Waals surface area contributed by atoms with Crippen molar-refractivity contribution in [1.82, 2.24) is 14.5 Å². The Kier molecular flexibility index (Phi) is 6.90. The zero-order valence-corrected chi connectivity index (χ0v) is 23.1. The predicted molar refractivity (Wildman–Crippen MR) is 153 cm³/mol. The maximum atomic E-state index is 13.5. The molecule has 0 spiro atoms. The molecule has 0 radical (unpaired) electrons. The number of nitrogens with one attached hydrogen (secondary N) is 1. The van der Waals surface area contributed by atoms with Gasteiger partial charge < -0.3 is 24.1 Å². The van der Waals surface area contributed by atoms with Crippen LogP contribution in [0.4, 0.5) is 5.82 Å². The number of hydrogen-bond acceptors (Lipinski definition) is 8. The van der Waals surface area contributed by atoms with Crippen molar-refractivity contribution >= 4 is 28.4 Å². The summed E-state index contributed by atoms with van der Waals surface area (Å²) < 4.78 is 18.5. The molecule has 0 aliphatic heterocycles. The third-order valence-electron chi connectivity index (χ3n) is 7.83. The van der Waals surface area contributed by atoms with Crippen molar-refractivity contribution in [2.75, 3.05) is 19.5 Å². The summed E-state index contributed by atoms with van der Waals surface area (Å²) in [6.45, 7) is 2.00. The number of nitrogens with zero attached hydrogens (tertiary/aromatic N) is 3. The van der Waals surface area contributed by atoms with Gasteiger partial charge in [-0.15, -0.1) is 0 Å². The minimum atomic E-state index is -0.602. The molecule has 2 aliphatic carbocycles. The Morgan fingerprint density at radius 2 is 1.78 bits per heavy atom. The van der Waals surface area contributed by atoms with Crippen LogP contribution in [0.3, 0.4) is 0 Å². The number of pyridine rings is 3. The van der Waals surface area contributed by atoms with Crippen molar-refractivity contribution in [3.05, 3.63) is 76.0 Å². The lowest BCUT2D eigenvalue weighted by atomic mass is 9.92. The summed E-state index contributed by atoms with van der Waals surface area (Å²) in [4.78, 5) is 48.3. The number of amides is 1. The molecule has 3 heterocycles. The second-order valence-corrected chi connectivity index (χ2v) is 10.4. The SMILES string of the molecule is COc1cc2nccc(Oc3ccc(NC(=O)c4cc5c(n([C@@H](C)C6CC6)c4=O)CCCC5=O)nc3)c2cc1OC. The first kappa shape index (κ1) is 26.5. The van der Waals surface area contributed by atoms with Crippen molar-refractivity contribution in [3.63, 3.8) is 0 Å². The monoisotopic (exact) mass is 554 g/mol. The van der Waals surface area contributed by atoms with Gasteiger partial charge in [-0.25, -0.2) is 4.98 Å². The van der Waals surface area contributed by atoms with E-state index in [9.17, 15) is 14.4 Å². The van der Waals surface area contributed by atoms with Crippen molar-refractivity contribution in [2.45, 2.75) is 45.1 Å². The minimum absolute atomic E-state index is 0.0311. The Labute approximate surface area is 236 Å². The third kappa shape index (κ3) is 5.01. The highest BCUT2D eigenvalue weighted by Gasteiger charge is 2.34. The predicted octanol–water partition coefficient (Wildman–Crippen LogP) is 5.34. The summed E-state index contributed by atoms with van der Waals surface area (Å²) in [7, 11) is 3.12. The molecular formula is C31H30N4O6. The van der Waals surface area contributed by atoms with Gasteiger partial charge in [0.2, 0.25) is 0 Å². The van der Waals surface area contributed by atoms with E-state index in [0.29, 0.717) is 59.3 Å². The highest BCUT2D eigenvalue weighted by molar-refractivity contribution is 6.06. The van der Waals surface area contributed by atoms with E-state index >= 15 is 0 Å². The molecule has 10 heteroatoms. The lowest BCUT2D eigenvalue weighted by Crippen LogP contribution is -2.36. The van der Waals surface area contributed by atoms with E-state index < -0.39 is 5.91 Å². The number of ether oxygens (including phenoxy) is 3. The van der Waals surface area contributed by atoms with Crippen LogP contribution in [0.15, 0.2) is 53.6 Å². The second-order valence-electron chi connectivity index (χ2n) is 10.4. The highest BCUT2D eigenvalue weighted by Crippen LogP contribution is 2.40. The number of Topliss-reactive ketones (excluding diaryl/α,β-unsaturated/α-hetero) is 1. The van der Waals surface area contributed by atoms with Crippen LogP contribution in [0.1, 0.15) is 65.1 Å². The standard InChI is InChI=1S/C31H30N4O6/c1-17(18-7-8-18)35-24-5-4-6-25(36)21(24)13-22(31(35)38)30(37)34-29-10-9-19(16-33-29)41-26-11-12-32-23-15-28(40-3)27(39-2)14-20(23)26/h9-18H,4-8H2,1-3H3,(H,33,34,37)/t17-/m0/s1. The quantitative estimate of drug-likeness (QED) is 0.310. The molecule has 3 aromatic heterocycles. The molecule has 41 heavy (non-hydrogen) atoms. The van der Waals surface area contributed by atoms with Gasteiger partial charge in [0.15, 0.2) is 17.3 Å². The number of rotatable bonds is 8. The van der Waals surface area contributed by atoms with E-state index in [1.807, 2.05) is 6.92 Å². The summed E-state index contributed by atoms with van der Waals surface area (Å²) in [5.74, 6) is 2.09. The number of hydrogen-bond donors (Lipinski definition) is 1. The Morgan fingerprint density at radius 3 is 2.49 bits per heavy atom. The van der Waals surface area contributed by atoms with Crippen LogP contribution in [0.2, 0.25) is 0 Å². The first-order chi connectivity index (χ1) is 19.9. The van der Waals surface area contributed by atoms with Crippen molar-refractivity contribution in [2.24, 2.45) is 5.92 Å². The number of benzene rings is 1. The number of ketones is 1. The first-order valence-corrected chi connectivity index (χ1v) is 13.7. The lowest BCUT2D eigenvalue weighted by Gasteiger charge is -2.25. The van der Waals surface area contributed by atoms with Crippen LogP contribution < -0.4 is 25.1 Å². The zero-order valence-electron chi connectivity index (χ0n) is 23.1. The van der Waals surface area contributed by atoms with Crippen LogP contribution in [0, 0.1) is 5.92 Å². The van der Waals surface area contributed by atoms with Gasteiger partial charge in [0.05, 0.1) is 25.9 Å².